The highest BCUT2D eigenvalue weighted by atomic mass is 16.5. The molecular formula is C15H29NO. The summed E-state index contributed by atoms with van der Waals surface area (Å²) in [6.07, 6.45) is 5.76. The Morgan fingerprint density at radius 3 is 2.59 bits per heavy atom. The normalized spacial score (nSPS) is 41.6. The molecule has 1 saturated carbocycles. The highest BCUT2D eigenvalue weighted by Gasteiger charge is 2.32. The Morgan fingerprint density at radius 2 is 2.00 bits per heavy atom. The molecule has 100 valence electrons. The van der Waals surface area contributed by atoms with Crippen LogP contribution in [0.3, 0.4) is 0 Å². The van der Waals surface area contributed by atoms with E-state index in [-0.39, 0.29) is 0 Å². The molecule has 4 unspecified atom stereocenters. The molecule has 0 radical (unpaired) electrons. The molecule has 0 bridgehead atoms. The van der Waals surface area contributed by atoms with Crippen molar-refractivity contribution in [3.05, 3.63) is 0 Å². The van der Waals surface area contributed by atoms with Crippen molar-refractivity contribution in [2.75, 3.05) is 13.2 Å². The van der Waals surface area contributed by atoms with E-state index in [4.69, 9.17) is 4.74 Å². The van der Waals surface area contributed by atoms with Gasteiger partial charge in [0.15, 0.2) is 0 Å². The largest absolute Gasteiger partial charge is 0.378 e. The first kappa shape index (κ1) is 13.4. The molecule has 1 N–H and O–H groups in total. The van der Waals surface area contributed by atoms with Crippen molar-refractivity contribution in [3.63, 3.8) is 0 Å². The van der Waals surface area contributed by atoms with Crippen molar-refractivity contribution in [2.45, 2.75) is 65.5 Å². The van der Waals surface area contributed by atoms with Crippen LogP contribution in [-0.4, -0.2) is 25.3 Å². The number of ether oxygens (including phenoxy) is 1. The molecule has 2 nitrogen and oxygen atoms in total. The summed E-state index contributed by atoms with van der Waals surface area (Å²) in [5.41, 5.74) is 0.521. The number of rotatable bonds is 3. The lowest BCUT2D eigenvalue weighted by atomic mass is 9.70. The SMILES string of the molecule is CC1CC(NCC2CCOC2C)CC(C)(C)C1. The van der Waals surface area contributed by atoms with E-state index in [0.29, 0.717) is 11.5 Å². The van der Waals surface area contributed by atoms with Crippen molar-refractivity contribution in [3.8, 4) is 0 Å². The molecule has 4 atom stereocenters. The van der Waals surface area contributed by atoms with E-state index in [1.165, 1.54) is 25.7 Å². The van der Waals surface area contributed by atoms with Crippen LogP contribution in [0.5, 0.6) is 0 Å². The molecule has 2 rings (SSSR count). The molecule has 2 heteroatoms. The maximum Gasteiger partial charge on any atom is 0.0588 e. The van der Waals surface area contributed by atoms with E-state index in [1.54, 1.807) is 0 Å². The molecule has 0 amide bonds. The van der Waals surface area contributed by atoms with Gasteiger partial charge in [-0.2, -0.15) is 0 Å². The van der Waals surface area contributed by atoms with Gasteiger partial charge in [-0.05, 0) is 49.9 Å². The third kappa shape index (κ3) is 3.69. The van der Waals surface area contributed by atoms with E-state index in [0.717, 1.165) is 31.0 Å². The Labute approximate surface area is 107 Å². The van der Waals surface area contributed by atoms with Gasteiger partial charge in [0.05, 0.1) is 6.10 Å². The van der Waals surface area contributed by atoms with Gasteiger partial charge in [0.25, 0.3) is 0 Å². The Bertz CT molecular complexity index is 251. The second-order valence-corrected chi connectivity index (χ2v) is 7.14. The fourth-order valence-electron chi connectivity index (χ4n) is 3.86. The third-order valence-corrected chi connectivity index (χ3v) is 4.59. The highest BCUT2D eigenvalue weighted by Crippen LogP contribution is 2.38. The van der Waals surface area contributed by atoms with Gasteiger partial charge in [-0.15, -0.1) is 0 Å². The van der Waals surface area contributed by atoms with Crippen LogP contribution in [0.1, 0.15) is 53.4 Å². The van der Waals surface area contributed by atoms with E-state index < -0.39 is 0 Å². The van der Waals surface area contributed by atoms with Crippen LogP contribution >= 0.6 is 0 Å². The average Bonchev–Trinajstić information content (AvgIpc) is 2.58. The van der Waals surface area contributed by atoms with Gasteiger partial charge < -0.3 is 10.1 Å². The molecule has 1 saturated heterocycles. The van der Waals surface area contributed by atoms with Crippen molar-refractivity contribution in [1.82, 2.24) is 5.32 Å². The van der Waals surface area contributed by atoms with Crippen LogP contribution in [0, 0.1) is 17.3 Å². The molecule has 0 spiro atoms. The van der Waals surface area contributed by atoms with E-state index in [9.17, 15) is 0 Å². The average molecular weight is 239 g/mol. The van der Waals surface area contributed by atoms with Crippen LogP contribution < -0.4 is 5.32 Å². The van der Waals surface area contributed by atoms with Crippen LogP contribution in [0.25, 0.3) is 0 Å². The Morgan fingerprint density at radius 1 is 1.24 bits per heavy atom. The standard InChI is InChI=1S/C15H29NO/c1-11-7-14(9-15(3,4)8-11)16-10-13-5-6-17-12(13)2/h11-14,16H,5-10H2,1-4H3. The number of hydrogen-bond donors (Lipinski definition) is 1. The molecular weight excluding hydrogens is 210 g/mol. The van der Waals surface area contributed by atoms with Gasteiger partial charge >= 0.3 is 0 Å². The van der Waals surface area contributed by atoms with E-state index in [2.05, 4.69) is 33.0 Å². The summed E-state index contributed by atoms with van der Waals surface area (Å²) in [7, 11) is 0. The fraction of sp³-hybridized carbons (Fsp3) is 1.00. The van der Waals surface area contributed by atoms with Crippen LogP contribution in [0.2, 0.25) is 0 Å². The first-order valence-electron chi connectivity index (χ1n) is 7.31. The molecule has 17 heavy (non-hydrogen) atoms. The smallest absolute Gasteiger partial charge is 0.0588 e. The lowest BCUT2D eigenvalue weighted by Crippen LogP contribution is -2.42. The zero-order valence-corrected chi connectivity index (χ0v) is 12.0. The fourth-order valence-corrected chi connectivity index (χ4v) is 3.86. The van der Waals surface area contributed by atoms with Crippen LogP contribution in [0.4, 0.5) is 0 Å². The predicted octanol–water partition coefficient (Wildman–Crippen LogP) is 3.22. The summed E-state index contributed by atoms with van der Waals surface area (Å²) in [4.78, 5) is 0. The maximum atomic E-state index is 5.63. The monoisotopic (exact) mass is 239 g/mol. The molecule has 2 aliphatic rings. The molecule has 2 fully saturated rings. The highest BCUT2D eigenvalue weighted by molar-refractivity contribution is 4.87. The topological polar surface area (TPSA) is 21.3 Å². The second-order valence-electron chi connectivity index (χ2n) is 7.14. The Hall–Kier alpha value is -0.0800. The second kappa shape index (κ2) is 5.27. The van der Waals surface area contributed by atoms with Gasteiger partial charge in [-0.3, -0.25) is 0 Å². The molecule has 1 heterocycles. The summed E-state index contributed by atoms with van der Waals surface area (Å²) < 4.78 is 5.63. The summed E-state index contributed by atoms with van der Waals surface area (Å²) >= 11 is 0. The van der Waals surface area contributed by atoms with Crippen molar-refractivity contribution < 1.29 is 4.74 Å². The third-order valence-electron chi connectivity index (χ3n) is 4.59. The van der Waals surface area contributed by atoms with E-state index >= 15 is 0 Å². The van der Waals surface area contributed by atoms with E-state index in [1.807, 2.05) is 0 Å². The Kier molecular flexibility index (Phi) is 4.14. The minimum absolute atomic E-state index is 0.455. The zero-order valence-electron chi connectivity index (χ0n) is 12.0. The van der Waals surface area contributed by atoms with Gasteiger partial charge in [0, 0.05) is 19.2 Å². The first-order valence-corrected chi connectivity index (χ1v) is 7.31. The summed E-state index contributed by atoms with van der Waals surface area (Å²) in [5.74, 6) is 1.60. The van der Waals surface area contributed by atoms with Gasteiger partial charge in [-0.25, -0.2) is 0 Å². The first-order chi connectivity index (χ1) is 7.96. The predicted molar refractivity (Wildman–Crippen MR) is 72.1 cm³/mol. The quantitative estimate of drug-likeness (QED) is 0.816. The van der Waals surface area contributed by atoms with Crippen molar-refractivity contribution in [1.29, 1.82) is 0 Å². The van der Waals surface area contributed by atoms with Crippen molar-refractivity contribution >= 4 is 0 Å². The molecule has 0 aromatic carbocycles. The molecule has 1 aliphatic carbocycles. The minimum Gasteiger partial charge on any atom is -0.378 e. The summed E-state index contributed by atoms with van der Waals surface area (Å²) in [6, 6.07) is 0.724. The van der Waals surface area contributed by atoms with Gasteiger partial charge in [-0.1, -0.05) is 20.8 Å². The molecule has 0 aromatic rings. The lowest BCUT2D eigenvalue weighted by molar-refractivity contribution is 0.100. The van der Waals surface area contributed by atoms with Gasteiger partial charge in [0.1, 0.15) is 0 Å². The summed E-state index contributed by atoms with van der Waals surface area (Å²) in [6.45, 7) is 11.6. The number of hydrogen-bond acceptors (Lipinski definition) is 2. The maximum absolute atomic E-state index is 5.63. The van der Waals surface area contributed by atoms with Crippen LogP contribution in [0.15, 0.2) is 0 Å². The molecule has 0 aromatic heterocycles. The van der Waals surface area contributed by atoms with Crippen LogP contribution in [-0.2, 0) is 4.74 Å². The van der Waals surface area contributed by atoms with Gasteiger partial charge in [0.2, 0.25) is 0 Å². The minimum atomic E-state index is 0.455. The zero-order chi connectivity index (χ0) is 12.5. The number of nitrogens with one attached hydrogen (secondary N) is 1. The summed E-state index contributed by atoms with van der Waals surface area (Å²) in [5, 5.41) is 3.80. The molecule has 1 aliphatic heterocycles. The lowest BCUT2D eigenvalue weighted by Gasteiger charge is -2.39. The van der Waals surface area contributed by atoms with Crippen molar-refractivity contribution in [2.24, 2.45) is 17.3 Å². The Balaban J connectivity index is 1.78.